The molecule has 70 valence electrons. The van der Waals surface area contributed by atoms with Crippen molar-refractivity contribution in [2.75, 3.05) is 0 Å². The number of allylic oxidation sites excluding steroid dienone is 2. The number of rotatable bonds is 5. The van der Waals surface area contributed by atoms with Gasteiger partial charge in [-0.25, -0.2) is 0 Å². The Morgan fingerprint density at radius 2 is 2.00 bits per heavy atom. The molecule has 13 heavy (non-hydrogen) atoms. The molecule has 0 aliphatic carbocycles. The van der Waals surface area contributed by atoms with Crippen molar-refractivity contribution in [2.45, 2.75) is 13.8 Å². The van der Waals surface area contributed by atoms with Crippen molar-refractivity contribution in [1.82, 2.24) is 0 Å². The first-order valence-electron chi connectivity index (χ1n) is 3.35. The Labute approximate surface area is 98.9 Å². The van der Waals surface area contributed by atoms with E-state index < -0.39 is 0 Å². The van der Waals surface area contributed by atoms with E-state index in [1.54, 1.807) is 13.0 Å². The molecule has 0 rings (SSSR count). The third-order valence-electron chi connectivity index (χ3n) is 1.24. The number of hydrogen-bond donors (Lipinski definition) is 0. The molecular weight excluding hydrogens is 512 g/mol. The zero-order chi connectivity index (χ0) is 10.3. The van der Waals surface area contributed by atoms with E-state index in [1.807, 2.05) is 6.92 Å². The van der Waals surface area contributed by atoms with Crippen molar-refractivity contribution in [3.05, 3.63) is 23.2 Å². The fourth-order valence-electron chi connectivity index (χ4n) is 0.645. The normalized spacial score (nSPS) is 12.9. The molecule has 0 radical (unpaired) electrons. The summed E-state index contributed by atoms with van der Waals surface area (Å²) in [5, 5.41) is 0. The Kier molecular flexibility index (Phi) is 7.30. The first kappa shape index (κ1) is 12.9. The van der Waals surface area contributed by atoms with Crippen molar-refractivity contribution in [3.8, 4) is 0 Å². The molecule has 0 aromatic carbocycles. The molecule has 0 atom stereocenters. The molecule has 0 heterocycles. The van der Waals surface area contributed by atoms with Crippen molar-refractivity contribution < 1.29 is 48.8 Å². The molecule has 0 aliphatic rings. The van der Waals surface area contributed by atoms with Gasteiger partial charge in [-0.05, 0) is 0 Å². The van der Waals surface area contributed by atoms with Gasteiger partial charge >= 0.3 is 99.3 Å². The zero-order valence-electron chi connectivity index (χ0n) is 7.18. The summed E-state index contributed by atoms with van der Waals surface area (Å²) in [5.41, 5.74) is 1.44. The van der Waals surface area contributed by atoms with Gasteiger partial charge in [0, 0.05) is 0 Å². The number of hydrogen-bond acceptors (Lipinski definition) is 4. The zero-order valence-corrected chi connectivity index (χ0v) is 13.0. The fraction of sp³-hybridized carbons (Fsp3) is 0.286. The maximum absolute atomic E-state index is 10.2. The van der Waals surface area contributed by atoms with Gasteiger partial charge in [-0.1, -0.05) is 0 Å². The van der Waals surface area contributed by atoms with E-state index in [1.165, 1.54) is 0 Å². The van der Waals surface area contributed by atoms with Crippen LogP contribution < -0.4 is 0 Å². The monoisotopic (exact) mass is 520 g/mol. The third-order valence-corrected chi connectivity index (χ3v) is 2.88. The standard InChI is InChI=1S/C7H8N2O2.2W/c1-3-6(11-4-10)7(9)5(2)8;;/h3-4H,1-2H3;;. The molecule has 0 saturated carbocycles. The number of carbonyl (C=O) groups excluding carboxylic acids is 1. The van der Waals surface area contributed by atoms with Crippen LogP contribution in [-0.2, 0) is 48.8 Å². The summed E-state index contributed by atoms with van der Waals surface area (Å²) in [4.78, 5) is 10.2. The predicted molar refractivity (Wildman–Crippen MR) is 38.5 cm³/mol. The molecule has 0 aromatic rings. The molecular formula is C7H8N2O2W2. The molecule has 0 spiro atoms. The van der Waals surface area contributed by atoms with Gasteiger partial charge in [-0.2, -0.15) is 0 Å². The topological polar surface area (TPSA) is 51.0 Å². The quantitative estimate of drug-likeness (QED) is 0.316. The summed E-state index contributed by atoms with van der Waals surface area (Å²) >= 11 is 2.15. The van der Waals surface area contributed by atoms with Crippen molar-refractivity contribution in [1.29, 1.82) is 0 Å². The van der Waals surface area contributed by atoms with Crippen LogP contribution in [0, 0.1) is 0 Å². The number of ether oxygens (including phenoxy) is 1. The first-order valence-corrected chi connectivity index (χ1v) is 5.98. The molecule has 0 aliphatic heterocycles. The summed E-state index contributed by atoms with van der Waals surface area (Å²) in [6.07, 6.45) is 1.69. The number of nitrogens with zero attached hydrogens (tertiary/aromatic N) is 2. The van der Waals surface area contributed by atoms with E-state index in [0.717, 1.165) is 45.0 Å². The van der Waals surface area contributed by atoms with Crippen LogP contribution >= 0.6 is 0 Å². The van der Waals surface area contributed by atoms with Crippen LogP contribution in [0.4, 0.5) is 0 Å². The van der Waals surface area contributed by atoms with E-state index in [9.17, 15) is 4.79 Å². The average Bonchev–Trinajstić information content (AvgIpc) is 2.17. The second-order valence-electron chi connectivity index (χ2n) is 1.98. The van der Waals surface area contributed by atoms with Crippen LogP contribution in [0.1, 0.15) is 13.8 Å². The van der Waals surface area contributed by atoms with Gasteiger partial charge < -0.3 is 0 Å². The van der Waals surface area contributed by atoms with Gasteiger partial charge in [-0.15, -0.1) is 0 Å². The van der Waals surface area contributed by atoms with Gasteiger partial charge in [0.15, 0.2) is 0 Å². The number of carbonyl (C=O) groups is 1. The third kappa shape index (κ3) is 4.10. The predicted octanol–water partition coefficient (Wildman–Crippen LogP) is 1.76. The Bertz CT molecular complexity index is 284. The Hall–Kier alpha value is -0.0734. The second kappa shape index (κ2) is 7.34. The van der Waals surface area contributed by atoms with Crippen LogP contribution in [0.3, 0.4) is 0 Å². The summed E-state index contributed by atoms with van der Waals surface area (Å²) in [5.74, 6) is 0.465. The molecule has 0 fully saturated rings. The first-order chi connectivity index (χ1) is 6.21. The van der Waals surface area contributed by atoms with Gasteiger partial charge in [0.25, 0.3) is 0 Å². The molecule has 0 bridgehead atoms. The van der Waals surface area contributed by atoms with Crippen LogP contribution in [0.15, 0.2) is 30.2 Å². The van der Waals surface area contributed by atoms with E-state index in [-0.39, 0.29) is 0 Å². The van der Waals surface area contributed by atoms with Gasteiger partial charge in [0.1, 0.15) is 0 Å². The van der Waals surface area contributed by atoms with E-state index in [0.29, 0.717) is 17.9 Å². The molecule has 0 N–H and O–H groups in total. The van der Waals surface area contributed by atoms with Crippen LogP contribution in [0.5, 0.6) is 0 Å². The Morgan fingerprint density at radius 1 is 1.38 bits per heavy atom. The van der Waals surface area contributed by atoms with Crippen LogP contribution in [-0.4, -0.2) is 6.47 Å². The van der Waals surface area contributed by atoms with E-state index >= 15 is 0 Å². The SMILES string of the molecule is CC=C(OC=O)C([N]=[W])=C(C)[N]=[W]. The van der Waals surface area contributed by atoms with Crippen molar-refractivity contribution >= 4 is 6.47 Å². The van der Waals surface area contributed by atoms with Gasteiger partial charge in [0.05, 0.1) is 0 Å². The molecule has 0 unspecified atom stereocenters. The fourth-order valence-corrected chi connectivity index (χ4v) is 1.75. The van der Waals surface area contributed by atoms with E-state index in [4.69, 9.17) is 4.74 Å². The van der Waals surface area contributed by atoms with Crippen LogP contribution in [0.25, 0.3) is 0 Å². The van der Waals surface area contributed by atoms with Crippen molar-refractivity contribution in [3.63, 3.8) is 0 Å². The summed E-state index contributed by atoms with van der Waals surface area (Å²) in [6, 6.07) is 0. The second-order valence-corrected chi connectivity index (χ2v) is 3.30. The summed E-state index contributed by atoms with van der Waals surface area (Å²) in [6.45, 7) is 4.02. The summed E-state index contributed by atoms with van der Waals surface area (Å²) < 4.78 is 12.9. The maximum atomic E-state index is 10.2. The van der Waals surface area contributed by atoms with Gasteiger partial charge in [0.2, 0.25) is 0 Å². The van der Waals surface area contributed by atoms with E-state index in [2.05, 4.69) is 6.99 Å². The molecule has 0 amide bonds. The van der Waals surface area contributed by atoms with Gasteiger partial charge in [-0.3, -0.25) is 0 Å². The Balaban J connectivity index is 5.06. The molecule has 0 aromatic heterocycles. The average molecular weight is 520 g/mol. The summed E-state index contributed by atoms with van der Waals surface area (Å²) in [7, 11) is 0. The Morgan fingerprint density at radius 3 is 2.31 bits per heavy atom. The minimum absolute atomic E-state index is 0.394. The molecule has 0 saturated heterocycles. The van der Waals surface area contributed by atoms with Crippen molar-refractivity contribution in [2.24, 2.45) is 6.99 Å². The van der Waals surface area contributed by atoms with Crippen LogP contribution in [0.2, 0.25) is 0 Å². The molecule has 4 nitrogen and oxygen atoms in total. The minimum atomic E-state index is 0.394. The molecule has 6 heteroatoms.